The lowest BCUT2D eigenvalue weighted by Crippen LogP contribution is -2.34. The third-order valence-electron chi connectivity index (χ3n) is 3.16. The number of anilines is 1. The molecule has 1 atom stereocenters. The van der Waals surface area contributed by atoms with Crippen molar-refractivity contribution in [1.29, 1.82) is 0 Å². The van der Waals surface area contributed by atoms with Gasteiger partial charge < -0.3 is 10.6 Å². The predicted octanol–water partition coefficient (Wildman–Crippen LogP) is 2.94. The van der Waals surface area contributed by atoms with Gasteiger partial charge in [0.15, 0.2) is 0 Å². The van der Waals surface area contributed by atoms with Gasteiger partial charge in [-0.25, -0.2) is 0 Å². The van der Waals surface area contributed by atoms with Gasteiger partial charge in [-0.2, -0.15) is 0 Å². The van der Waals surface area contributed by atoms with Crippen LogP contribution in [0.1, 0.15) is 37.0 Å². The number of carbonyl (C=O) groups excluding carboxylic acids is 1. The Bertz CT molecular complexity index is 403. The molecule has 0 aliphatic heterocycles. The molecule has 1 amide bonds. The monoisotopic (exact) mass is 248 g/mol. The van der Waals surface area contributed by atoms with Crippen LogP contribution in [0.2, 0.25) is 0 Å². The first-order chi connectivity index (χ1) is 8.43. The highest BCUT2D eigenvalue weighted by molar-refractivity contribution is 5.93. The van der Waals surface area contributed by atoms with Crippen LogP contribution in [0.25, 0.3) is 0 Å². The van der Waals surface area contributed by atoms with Crippen molar-refractivity contribution >= 4 is 11.6 Å². The molecule has 3 nitrogen and oxygen atoms in total. The molecule has 0 heterocycles. The van der Waals surface area contributed by atoms with Gasteiger partial charge in [0.05, 0.1) is 6.54 Å². The SMILES string of the molecule is CCC(C)NCC(=O)Nc1c(C)cc(C)cc1C. The van der Waals surface area contributed by atoms with Crippen LogP contribution < -0.4 is 10.6 Å². The third-order valence-corrected chi connectivity index (χ3v) is 3.16. The lowest BCUT2D eigenvalue weighted by molar-refractivity contribution is -0.115. The van der Waals surface area contributed by atoms with Gasteiger partial charge in [0, 0.05) is 11.7 Å². The molecule has 0 bridgehead atoms. The van der Waals surface area contributed by atoms with Crippen molar-refractivity contribution in [3.63, 3.8) is 0 Å². The van der Waals surface area contributed by atoms with E-state index in [9.17, 15) is 4.79 Å². The van der Waals surface area contributed by atoms with E-state index in [0.717, 1.165) is 23.2 Å². The molecular weight excluding hydrogens is 224 g/mol. The molecule has 0 saturated carbocycles. The quantitative estimate of drug-likeness (QED) is 0.841. The second-order valence-electron chi connectivity index (χ2n) is 5.01. The fourth-order valence-electron chi connectivity index (χ4n) is 1.97. The minimum absolute atomic E-state index is 0.0188. The van der Waals surface area contributed by atoms with E-state index >= 15 is 0 Å². The number of amides is 1. The number of benzene rings is 1. The minimum Gasteiger partial charge on any atom is -0.324 e. The van der Waals surface area contributed by atoms with Crippen molar-refractivity contribution in [3.8, 4) is 0 Å². The van der Waals surface area contributed by atoms with Crippen LogP contribution >= 0.6 is 0 Å². The number of hydrogen-bond acceptors (Lipinski definition) is 2. The van der Waals surface area contributed by atoms with Crippen LogP contribution in [0.4, 0.5) is 5.69 Å². The molecule has 100 valence electrons. The second-order valence-corrected chi connectivity index (χ2v) is 5.01. The standard InChI is InChI=1S/C15H24N2O/c1-6-13(5)16-9-14(18)17-15-11(3)7-10(2)8-12(15)4/h7-8,13,16H,6,9H2,1-5H3,(H,17,18). The van der Waals surface area contributed by atoms with Gasteiger partial charge in [-0.1, -0.05) is 24.6 Å². The Balaban J connectivity index is 2.65. The highest BCUT2D eigenvalue weighted by Gasteiger charge is 2.08. The largest absolute Gasteiger partial charge is 0.324 e. The summed E-state index contributed by atoms with van der Waals surface area (Å²) in [6, 6.07) is 4.55. The molecule has 1 rings (SSSR count). The molecule has 0 aliphatic carbocycles. The fourth-order valence-corrected chi connectivity index (χ4v) is 1.97. The van der Waals surface area contributed by atoms with Gasteiger partial charge >= 0.3 is 0 Å². The summed E-state index contributed by atoms with van der Waals surface area (Å²) in [4.78, 5) is 11.8. The van der Waals surface area contributed by atoms with Gasteiger partial charge in [0.1, 0.15) is 0 Å². The van der Waals surface area contributed by atoms with Gasteiger partial charge in [-0.3, -0.25) is 4.79 Å². The van der Waals surface area contributed by atoms with Crippen molar-refractivity contribution in [2.24, 2.45) is 0 Å². The van der Waals surface area contributed by atoms with E-state index in [1.807, 2.05) is 13.8 Å². The average Bonchev–Trinajstić information content (AvgIpc) is 2.30. The zero-order valence-electron chi connectivity index (χ0n) is 12.1. The summed E-state index contributed by atoms with van der Waals surface area (Å²) in [5.41, 5.74) is 4.39. The summed E-state index contributed by atoms with van der Waals surface area (Å²) in [6.07, 6.45) is 1.02. The van der Waals surface area contributed by atoms with Crippen molar-refractivity contribution in [3.05, 3.63) is 28.8 Å². The van der Waals surface area contributed by atoms with Gasteiger partial charge in [0.25, 0.3) is 0 Å². The molecule has 0 spiro atoms. The van der Waals surface area contributed by atoms with E-state index in [4.69, 9.17) is 0 Å². The van der Waals surface area contributed by atoms with E-state index in [1.54, 1.807) is 0 Å². The maximum atomic E-state index is 11.8. The van der Waals surface area contributed by atoms with Crippen LogP contribution in [0.3, 0.4) is 0 Å². The first kappa shape index (κ1) is 14.7. The molecule has 18 heavy (non-hydrogen) atoms. The summed E-state index contributed by atoms with van der Waals surface area (Å²) >= 11 is 0. The number of hydrogen-bond donors (Lipinski definition) is 2. The molecule has 2 N–H and O–H groups in total. The van der Waals surface area contributed by atoms with Crippen LogP contribution in [0.5, 0.6) is 0 Å². The molecule has 1 aromatic carbocycles. The van der Waals surface area contributed by atoms with Gasteiger partial charge in [0.2, 0.25) is 5.91 Å². The normalized spacial score (nSPS) is 12.3. The highest BCUT2D eigenvalue weighted by Crippen LogP contribution is 2.21. The van der Waals surface area contributed by atoms with E-state index < -0.39 is 0 Å². The Kier molecular flexibility index (Phi) is 5.35. The van der Waals surface area contributed by atoms with Gasteiger partial charge in [-0.15, -0.1) is 0 Å². The molecule has 1 unspecified atom stereocenters. The summed E-state index contributed by atoms with van der Waals surface area (Å²) in [6.45, 7) is 10.7. The maximum absolute atomic E-state index is 11.8. The lowest BCUT2D eigenvalue weighted by Gasteiger charge is -2.15. The van der Waals surface area contributed by atoms with Crippen LogP contribution in [-0.4, -0.2) is 18.5 Å². The Morgan fingerprint density at radius 3 is 2.28 bits per heavy atom. The zero-order valence-corrected chi connectivity index (χ0v) is 12.1. The second kappa shape index (κ2) is 6.55. The Morgan fingerprint density at radius 2 is 1.78 bits per heavy atom. The van der Waals surface area contributed by atoms with E-state index in [0.29, 0.717) is 12.6 Å². The smallest absolute Gasteiger partial charge is 0.238 e. The van der Waals surface area contributed by atoms with Crippen molar-refractivity contribution in [2.75, 3.05) is 11.9 Å². The van der Waals surface area contributed by atoms with E-state index in [2.05, 4.69) is 43.5 Å². The first-order valence-electron chi connectivity index (χ1n) is 6.55. The number of rotatable bonds is 5. The number of nitrogens with one attached hydrogen (secondary N) is 2. The lowest BCUT2D eigenvalue weighted by atomic mass is 10.1. The maximum Gasteiger partial charge on any atom is 0.238 e. The average molecular weight is 248 g/mol. The zero-order chi connectivity index (χ0) is 13.7. The Hall–Kier alpha value is -1.35. The Labute approximate surface area is 110 Å². The fraction of sp³-hybridized carbons (Fsp3) is 0.533. The first-order valence-corrected chi connectivity index (χ1v) is 6.55. The third kappa shape index (κ3) is 4.15. The van der Waals surface area contributed by atoms with Crippen molar-refractivity contribution < 1.29 is 4.79 Å². The van der Waals surface area contributed by atoms with Crippen LogP contribution in [0.15, 0.2) is 12.1 Å². The van der Waals surface area contributed by atoms with Crippen LogP contribution in [0, 0.1) is 20.8 Å². The number of carbonyl (C=O) groups is 1. The summed E-state index contributed by atoms with van der Waals surface area (Å²) in [5, 5.41) is 6.17. The van der Waals surface area contributed by atoms with Crippen molar-refractivity contribution in [1.82, 2.24) is 5.32 Å². The summed E-state index contributed by atoms with van der Waals surface area (Å²) in [5.74, 6) is 0.0188. The highest BCUT2D eigenvalue weighted by atomic mass is 16.1. The molecule has 0 saturated heterocycles. The predicted molar refractivity (Wildman–Crippen MR) is 77.0 cm³/mol. The molecule has 0 aliphatic rings. The van der Waals surface area contributed by atoms with Gasteiger partial charge in [-0.05, 0) is 45.2 Å². The Morgan fingerprint density at radius 1 is 1.22 bits per heavy atom. The molecule has 0 fully saturated rings. The van der Waals surface area contributed by atoms with Crippen molar-refractivity contribution in [2.45, 2.75) is 47.1 Å². The summed E-state index contributed by atoms with van der Waals surface area (Å²) in [7, 11) is 0. The topological polar surface area (TPSA) is 41.1 Å². The summed E-state index contributed by atoms with van der Waals surface area (Å²) < 4.78 is 0. The molecular formula is C15H24N2O. The van der Waals surface area contributed by atoms with E-state index in [1.165, 1.54) is 5.56 Å². The molecule has 0 radical (unpaired) electrons. The van der Waals surface area contributed by atoms with Crippen LogP contribution in [-0.2, 0) is 4.79 Å². The van der Waals surface area contributed by atoms with E-state index in [-0.39, 0.29) is 5.91 Å². The molecule has 1 aromatic rings. The minimum atomic E-state index is 0.0188. The molecule has 0 aromatic heterocycles. The number of aryl methyl sites for hydroxylation is 3. The molecule has 3 heteroatoms.